The summed E-state index contributed by atoms with van der Waals surface area (Å²) in [5.41, 5.74) is 2.87. The first-order valence-electron chi connectivity index (χ1n) is 12.2. The second kappa shape index (κ2) is 11.3. The molecular weight excluding hydrogens is 491 g/mol. The molecule has 0 aliphatic carbocycles. The molecule has 3 aromatic carbocycles. The number of ether oxygens (including phenoxy) is 1. The molecule has 8 heteroatoms. The van der Waals surface area contributed by atoms with Crippen LogP contribution in [-0.2, 0) is 4.74 Å². The van der Waals surface area contributed by atoms with E-state index in [1.807, 2.05) is 60.7 Å². The van der Waals surface area contributed by atoms with Crippen LogP contribution < -0.4 is 10.6 Å². The third-order valence-electron chi connectivity index (χ3n) is 6.75. The average Bonchev–Trinajstić information content (AvgIpc) is 3.32. The minimum absolute atomic E-state index is 0.0630. The van der Waals surface area contributed by atoms with Crippen LogP contribution in [0.25, 0.3) is 22.0 Å². The zero-order chi connectivity index (χ0) is 25.8. The van der Waals surface area contributed by atoms with Crippen LogP contribution in [-0.4, -0.2) is 55.3 Å². The summed E-state index contributed by atoms with van der Waals surface area (Å²) in [4.78, 5) is 20.3. The van der Waals surface area contributed by atoms with Crippen molar-refractivity contribution < 1.29 is 13.9 Å². The zero-order valence-electron chi connectivity index (χ0n) is 20.5. The number of carbonyl (C=O) groups is 1. The number of fused-ring (bicyclic) bond motifs is 1. The maximum atomic E-state index is 14.0. The van der Waals surface area contributed by atoms with Crippen molar-refractivity contribution in [1.82, 2.24) is 15.2 Å². The van der Waals surface area contributed by atoms with Crippen LogP contribution in [0.15, 0.2) is 78.9 Å². The van der Waals surface area contributed by atoms with Crippen LogP contribution in [0.2, 0.25) is 5.15 Å². The highest BCUT2D eigenvalue weighted by molar-refractivity contribution is 6.35. The Bertz CT molecular complexity index is 1400. The number of nitrogens with zero attached hydrogens (tertiary/aromatic N) is 2. The Morgan fingerprint density at radius 3 is 2.57 bits per heavy atom. The highest BCUT2D eigenvalue weighted by Crippen LogP contribution is 2.36. The molecule has 37 heavy (non-hydrogen) atoms. The smallest absolute Gasteiger partial charge is 0.319 e. The monoisotopic (exact) mass is 518 g/mol. The number of nitrogens with one attached hydrogen (secondary N) is 2. The summed E-state index contributed by atoms with van der Waals surface area (Å²) in [6, 6.07) is 23.2. The van der Waals surface area contributed by atoms with Crippen LogP contribution in [0.1, 0.15) is 11.5 Å². The van der Waals surface area contributed by atoms with Crippen molar-refractivity contribution in [1.29, 1.82) is 0 Å². The molecule has 0 spiro atoms. The number of halogens is 2. The van der Waals surface area contributed by atoms with Crippen LogP contribution in [0.5, 0.6) is 0 Å². The van der Waals surface area contributed by atoms with E-state index in [4.69, 9.17) is 16.3 Å². The van der Waals surface area contributed by atoms with Gasteiger partial charge in [-0.2, -0.15) is 0 Å². The van der Waals surface area contributed by atoms with Crippen LogP contribution in [0.4, 0.5) is 14.9 Å². The molecular formula is C29H28ClFN4O2. The number of urea groups is 1. The van der Waals surface area contributed by atoms with E-state index >= 15 is 0 Å². The molecule has 1 fully saturated rings. The van der Waals surface area contributed by atoms with Crippen molar-refractivity contribution in [3.8, 4) is 11.3 Å². The highest BCUT2D eigenvalue weighted by Gasteiger charge is 2.35. The number of hydrogen-bond acceptors (Lipinski definition) is 4. The molecule has 1 aromatic heterocycles. The van der Waals surface area contributed by atoms with Crippen LogP contribution in [0.3, 0.4) is 0 Å². The quantitative estimate of drug-likeness (QED) is 0.298. The fourth-order valence-electron chi connectivity index (χ4n) is 4.98. The standard InChI is InChI=1S/C29H28ClFN4O2/c1-37-15-14-35-17-24(20-10-7-11-21(31)16-20)25(18-35)32-29(36)34-27-22-12-5-6-13-23(22)28(30)33-26(27)19-8-3-2-4-9-19/h2-13,16,24-25H,14-15,17-18H2,1H3,(H2,32,34,36)/t24-,25+/m0/s1. The van der Waals surface area contributed by atoms with Gasteiger partial charge in [0.25, 0.3) is 0 Å². The van der Waals surface area contributed by atoms with Gasteiger partial charge in [-0.1, -0.05) is 78.3 Å². The maximum Gasteiger partial charge on any atom is 0.319 e. The van der Waals surface area contributed by atoms with Gasteiger partial charge in [0, 0.05) is 49.0 Å². The molecule has 1 aliphatic heterocycles. The minimum Gasteiger partial charge on any atom is -0.383 e. The van der Waals surface area contributed by atoms with E-state index in [0.717, 1.165) is 28.4 Å². The second-order valence-electron chi connectivity index (χ2n) is 9.16. The van der Waals surface area contributed by atoms with Crippen molar-refractivity contribution in [3.05, 3.63) is 95.4 Å². The van der Waals surface area contributed by atoms with E-state index in [0.29, 0.717) is 36.2 Å². The Balaban J connectivity index is 1.45. The first-order chi connectivity index (χ1) is 18.0. The number of rotatable bonds is 7. The van der Waals surface area contributed by atoms with Crippen LogP contribution in [0, 0.1) is 5.82 Å². The summed E-state index contributed by atoms with van der Waals surface area (Å²) < 4.78 is 19.3. The maximum absolute atomic E-state index is 14.0. The summed E-state index contributed by atoms with van der Waals surface area (Å²) in [5.74, 6) is -0.353. The molecule has 1 saturated heterocycles. The Morgan fingerprint density at radius 1 is 1.05 bits per heavy atom. The largest absolute Gasteiger partial charge is 0.383 e. The summed E-state index contributed by atoms with van der Waals surface area (Å²) in [7, 11) is 1.66. The van der Waals surface area contributed by atoms with Crippen molar-refractivity contribution in [3.63, 3.8) is 0 Å². The summed E-state index contributed by atoms with van der Waals surface area (Å²) in [6.07, 6.45) is 0. The number of anilines is 1. The molecule has 2 amide bonds. The predicted molar refractivity (Wildman–Crippen MR) is 146 cm³/mol. The first-order valence-corrected chi connectivity index (χ1v) is 12.6. The summed E-state index contributed by atoms with van der Waals surface area (Å²) >= 11 is 6.53. The number of likely N-dealkylation sites (tertiary alicyclic amines) is 1. The molecule has 2 N–H and O–H groups in total. The Hall–Kier alpha value is -3.52. The molecule has 0 bridgehead atoms. The molecule has 6 nitrogen and oxygen atoms in total. The molecule has 2 atom stereocenters. The second-order valence-corrected chi connectivity index (χ2v) is 9.51. The number of methoxy groups -OCH3 is 1. The van der Waals surface area contributed by atoms with Crippen molar-refractivity contribution >= 4 is 34.1 Å². The lowest BCUT2D eigenvalue weighted by Crippen LogP contribution is -2.42. The lowest BCUT2D eigenvalue weighted by Gasteiger charge is -2.22. The van der Waals surface area contributed by atoms with Gasteiger partial charge < -0.3 is 15.4 Å². The SMILES string of the molecule is COCCN1C[C@@H](NC(=O)Nc2c(-c3ccccc3)nc(Cl)c3ccccc23)[C@H](c2cccc(F)c2)C1. The topological polar surface area (TPSA) is 66.5 Å². The zero-order valence-corrected chi connectivity index (χ0v) is 21.2. The first kappa shape index (κ1) is 25.1. The number of pyridine rings is 1. The van der Waals surface area contributed by atoms with Gasteiger partial charge in [-0.25, -0.2) is 14.2 Å². The van der Waals surface area contributed by atoms with Crippen molar-refractivity contribution in [2.75, 3.05) is 38.7 Å². The van der Waals surface area contributed by atoms with Gasteiger partial charge in [0.2, 0.25) is 0 Å². The Labute approximate surface area is 220 Å². The molecule has 0 radical (unpaired) electrons. The van der Waals surface area contributed by atoms with Gasteiger partial charge in [0.1, 0.15) is 11.0 Å². The normalized spacial score (nSPS) is 17.7. The van der Waals surface area contributed by atoms with Crippen molar-refractivity contribution in [2.45, 2.75) is 12.0 Å². The lowest BCUT2D eigenvalue weighted by molar-refractivity contribution is 0.159. The van der Waals surface area contributed by atoms with E-state index < -0.39 is 0 Å². The molecule has 0 unspecified atom stereocenters. The predicted octanol–water partition coefficient (Wildman–Crippen LogP) is 5.93. The highest BCUT2D eigenvalue weighted by atomic mass is 35.5. The van der Waals surface area contributed by atoms with Gasteiger partial charge in [-0.3, -0.25) is 4.90 Å². The Morgan fingerprint density at radius 2 is 1.81 bits per heavy atom. The molecule has 5 rings (SSSR count). The van der Waals surface area contributed by atoms with Crippen molar-refractivity contribution in [2.24, 2.45) is 0 Å². The fraction of sp³-hybridized carbons (Fsp3) is 0.241. The van der Waals surface area contributed by atoms with E-state index in [1.165, 1.54) is 6.07 Å². The lowest BCUT2D eigenvalue weighted by atomic mass is 9.94. The number of amides is 2. The number of hydrogen-bond donors (Lipinski definition) is 2. The number of carbonyl (C=O) groups excluding carboxylic acids is 1. The van der Waals surface area contributed by atoms with Gasteiger partial charge in [0.15, 0.2) is 0 Å². The molecule has 4 aromatic rings. The fourth-order valence-corrected chi connectivity index (χ4v) is 5.23. The average molecular weight is 519 g/mol. The third kappa shape index (κ3) is 5.59. The summed E-state index contributed by atoms with van der Waals surface area (Å²) in [5, 5.41) is 8.13. The van der Waals surface area contributed by atoms with Gasteiger partial charge in [-0.05, 0) is 17.7 Å². The molecule has 2 heterocycles. The molecule has 0 saturated carbocycles. The van der Waals surface area contributed by atoms with E-state index in [-0.39, 0.29) is 23.8 Å². The minimum atomic E-state index is -0.355. The number of benzene rings is 3. The molecule has 1 aliphatic rings. The molecule has 190 valence electrons. The summed E-state index contributed by atoms with van der Waals surface area (Å²) in [6.45, 7) is 2.63. The van der Waals surface area contributed by atoms with E-state index in [9.17, 15) is 9.18 Å². The van der Waals surface area contributed by atoms with E-state index in [1.54, 1.807) is 19.2 Å². The number of aromatic nitrogens is 1. The van der Waals surface area contributed by atoms with E-state index in [2.05, 4.69) is 20.5 Å². The third-order valence-corrected chi connectivity index (χ3v) is 7.04. The van der Waals surface area contributed by atoms with Gasteiger partial charge >= 0.3 is 6.03 Å². The van der Waals surface area contributed by atoms with Crippen LogP contribution >= 0.6 is 11.6 Å². The van der Waals surface area contributed by atoms with Gasteiger partial charge in [-0.15, -0.1) is 0 Å². The van der Waals surface area contributed by atoms with Gasteiger partial charge in [0.05, 0.1) is 24.0 Å². The Kier molecular flexibility index (Phi) is 7.65.